The summed E-state index contributed by atoms with van der Waals surface area (Å²) in [5.74, 6) is 0.370. The molecule has 0 saturated carbocycles. The molecule has 1 aliphatic rings. The first-order valence-corrected chi connectivity index (χ1v) is 7.55. The van der Waals surface area contributed by atoms with E-state index in [0.717, 1.165) is 25.9 Å². The largest absolute Gasteiger partial charge is 0.444 e. The summed E-state index contributed by atoms with van der Waals surface area (Å²) in [5, 5.41) is 0. The zero-order chi connectivity index (χ0) is 14.0. The second-order valence-electron chi connectivity index (χ2n) is 5.38. The fourth-order valence-electron chi connectivity index (χ4n) is 2.56. The molecule has 1 aromatic rings. The molecule has 1 amide bonds. The van der Waals surface area contributed by atoms with Crippen LogP contribution < -0.4 is 0 Å². The number of hydrogen-bond acceptors (Lipinski definition) is 3. The Hall–Kier alpha value is -0.810. The van der Waals surface area contributed by atoms with E-state index in [4.69, 9.17) is 4.42 Å². The zero-order valence-corrected chi connectivity index (χ0v) is 13.3. The fourth-order valence-corrected chi connectivity index (χ4v) is 2.86. The number of piperidine rings is 1. The van der Waals surface area contributed by atoms with E-state index in [2.05, 4.69) is 34.7 Å². The lowest BCUT2D eigenvalue weighted by atomic mass is 10.0. The van der Waals surface area contributed by atoms with E-state index in [1.54, 1.807) is 12.1 Å². The van der Waals surface area contributed by atoms with Gasteiger partial charge in [0.2, 0.25) is 0 Å². The third kappa shape index (κ3) is 3.39. The third-order valence-electron chi connectivity index (χ3n) is 3.88. The van der Waals surface area contributed by atoms with E-state index >= 15 is 0 Å². The molecule has 1 fully saturated rings. The van der Waals surface area contributed by atoms with Crippen LogP contribution in [0, 0.1) is 0 Å². The van der Waals surface area contributed by atoms with Crippen molar-refractivity contribution in [3.8, 4) is 0 Å². The van der Waals surface area contributed by atoms with Gasteiger partial charge in [-0.2, -0.15) is 0 Å². The van der Waals surface area contributed by atoms with Crippen molar-refractivity contribution in [3.63, 3.8) is 0 Å². The molecule has 4 nitrogen and oxygen atoms in total. The number of rotatable bonds is 3. The molecule has 0 aromatic carbocycles. The number of amides is 1. The first-order valence-electron chi connectivity index (χ1n) is 6.75. The second kappa shape index (κ2) is 6.09. The van der Waals surface area contributed by atoms with Gasteiger partial charge in [0.05, 0.1) is 0 Å². The van der Waals surface area contributed by atoms with Crippen molar-refractivity contribution in [2.75, 3.05) is 20.1 Å². The van der Waals surface area contributed by atoms with Crippen molar-refractivity contribution >= 4 is 21.8 Å². The van der Waals surface area contributed by atoms with Gasteiger partial charge in [0, 0.05) is 32.2 Å². The Morgan fingerprint density at radius 2 is 2.05 bits per heavy atom. The number of carbonyl (C=O) groups is 1. The van der Waals surface area contributed by atoms with Gasteiger partial charge in [0.1, 0.15) is 0 Å². The molecule has 2 rings (SSSR count). The van der Waals surface area contributed by atoms with Crippen LogP contribution in [-0.2, 0) is 0 Å². The quantitative estimate of drug-likeness (QED) is 0.855. The smallest absolute Gasteiger partial charge is 0.289 e. The predicted molar refractivity (Wildman–Crippen MR) is 78.2 cm³/mol. The lowest BCUT2D eigenvalue weighted by Gasteiger charge is -2.38. The SMILES string of the molecule is CC(C)N1CCC(N(C)C(=O)c2ccc(Br)o2)CC1. The van der Waals surface area contributed by atoms with Crippen LogP contribution in [0.4, 0.5) is 0 Å². The van der Waals surface area contributed by atoms with Gasteiger partial charge in [0.25, 0.3) is 5.91 Å². The van der Waals surface area contributed by atoms with E-state index in [1.807, 2.05) is 11.9 Å². The minimum atomic E-state index is -0.0336. The molecule has 0 atom stereocenters. The number of nitrogens with zero attached hydrogens (tertiary/aromatic N) is 2. The minimum Gasteiger partial charge on any atom is -0.444 e. The molecule has 0 radical (unpaired) electrons. The number of carbonyl (C=O) groups excluding carboxylic acids is 1. The number of hydrogen-bond donors (Lipinski definition) is 0. The summed E-state index contributed by atoms with van der Waals surface area (Å²) in [7, 11) is 1.87. The average molecular weight is 329 g/mol. The van der Waals surface area contributed by atoms with Crippen molar-refractivity contribution in [2.45, 2.75) is 38.8 Å². The van der Waals surface area contributed by atoms with Crippen LogP contribution in [0.15, 0.2) is 21.2 Å². The van der Waals surface area contributed by atoms with Crippen LogP contribution in [0.3, 0.4) is 0 Å². The van der Waals surface area contributed by atoms with Gasteiger partial charge in [-0.15, -0.1) is 0 Å². The summed E-state index contributed by atoms with van der Waals surface area (Å²) in [6, 6.07) is 4.36. The molecule has 1 aromatic heterocycles. The van der Waals surface area contributed by atoms with E-state index < -0.39 is 0 Å². The predicted octanol–water partition coefficient (Wildman–Crippen LogP) is 2.99. The van der Waals surface area contributed by atoms with Crippen LogP contribution in [0.5, 0.6) is 0 Å². The van der Waals surface area contributed by atoms with Crippen molar-refractivity contribution in [2.24, 2.45) is 0 Å². The maximum absolute atomic E-state index is 12.3. The molecular weight excluding hydrogens is 308 g/mol. The number of likely N-dealkylation sites (tertiary alicyclic amines) is 1. The Morgan fingerprint density at radius 3 is 2.53 bits per heavy atom. The molecule has 0 unspecified atom stereocenters. The van der Waals surface area contributed by atoms with Crippen LogP contribution in [0.25, 0.3) is 0 Å². The molecule has 0 N–H and O–H groups in total. The topological polar surface area (TPSA) is 36.7 Å². The Bertz CT molecular complexity index is 436. The first kappa shape index (κ1) is 14.6. The summed E-state index contributed by atoms with van der Waals surface area (Å²) in [6.07, 6.45) is 2.06. The number of furan rings is 1. The maximum atomic E-state index is 12.3. The van der Waals surface area contributed by atoms with Crippen LogP contribution >= 0.6 is 15.9 Å². The van der Waals surface area contributed by atoms with Gasteiger partial charge in [-0.1, -0.05) is 0 Å². The molecule has 1 aliphatic heterocycles. The lowest BCUT2D eigenvalue weighted by molar-refractivity contribution is 0.0584. The molecule has 2 heterocycles. The van der Waals surface area contributed by atoms with E-state index in [9.17, 15) is 4.79 Å². The maximum Gasteiger partial charge on any atom is 0.289 e. The van der Waals surface area contributed by atoms with E-state index in [-0.39, 0.29) is 5.91 Å². The normalized spacial score (nSPS) is 17.9. The van der Waals surface area contributed by atoms with Crippen molar-refractivity contribution in [1.82, 2.24) is 9.80 Å². The standard InChI is InChI=1S/C14H21BrN2O2/c1-10(2)17-8-6-11(7-9-17)16(3)14(18)12-4-5-13(15)19-12/h4-5,10-11H,6-9H2,1-3H3. The van der Waals surface area contributed by atoms with E-state index in [0.29, 0.717) is 22.5 Å². The highest BCUT2D eigenvalue weighted by Gasteiger charge is 2.27. The van der Waals surface area contributed by atoms with Gasteiger partial charge >= 0.3 is 0 Å². The highest BCUT2D eigenvalue weighted by Crippen LogP contribution is 2.21. The summed E-state index contributed by atoms with van der Waals surface area (Å²) in [5.41, 5.74) is 0. The van der Waals surface area contributed by atoms with Gasteiger partial charge in [-0.05, 0) is 54.8 Å². The third-order valence-corrected chi connectivity index (χ3v) is 4.31. The Morgan fingerprint density at radius 1 is 1.42 bits per heavy atom. The van der Waals surface area contributed by atoms with Gasteiger partial charge in [-0.25, -0.2) is 0 Å². The molecule has 19 heavy (non-hydrogen) atoms. The molecule has 0 aliphatic carbocycles. The number of halogens is 1. The van der Waals surface area contributed by atoms with Crippen molar-refractivity contribution in [1.29, 1.82) is 0 Å². The Balaban J connectivity index is 1.94. The van der Waals surface area contributed by atoms with E-state index in [1.165, 1.54) is 0 Å². The van der Waals surface area contributed by atoms with Crippen LogP contribution in [0.1, 0.15) is 37.2 Å². The Kier molecular flexibility index (Phi) is 4.68. The molecule has 0 spiro atoms. The first-order chi connectivity index (χ1) is 8.99. The minimum absolute atomic E-state index is 0.0336. The Labute approximate surface area is 122 Å². The van der Waals surface area contributed by atoms with Gasteiger partial charge < -0.3 is 14.2 Å². The molecule has 1 saturated heterocycles. The summed E-state index contributed by atoms with van der Waals surface area (Å²) in [6.45, 7) is 6.55. The monoisotopic (exact) mass is 328 g/mol. The van der Waals surface area contributed by atoms with Crippen molar-refractivity contribution in [3.05, 3.63) is 22.6 Å². The highest BCUT2D eigenvalue weighted by molar-refractivity contribution is 9.10. The van der Waals surface area contributed by atoms with Crippen LogP contribution in [0.2, 0.25) is 0 Å². The molecule has 0 bridgehead atoms. The summed E-state index contributed by atoms with van der Waals surface area (Å²) in [4.78, 5) is 16.5. The second-order valence-corrected chi connectivity index (χ2v) is 6.16. The average Bonchev–Trinajstić information content (AvgIpc) is 2.84. The van der Waals surface area contributed by atoms with Crippen LogP contribution in [-0.4, -0.2) is 47.9 Å². The lowest BCUT2D eigenvalue weighted by Crippen LogP contribution is -2.47. The van der Waals surface area contributed by atoms with Crippen molar-refractivity contribution < 1.29 is 9.21 Å². The molecule has 5 heteroatoms. The highest BCUT2D eigenvalue weighted by atomic mass is 79.9. The summed E-state index contributed by atoms with van der Waals surface area (Å²) < 4.78 is 5.93. The zero-order valence-electron chi connectivity index (χ0n) is 11.7. The summed E-state index contributed by atoms with van der Waals surface area (Å²) >= 11 is 3.23. The van der Waals surface area contributed by atoms with Gasteiger partial charge in [-0.3, -0.25) is 4.79 Å². The van der Waals surface area contributed by atoms with Gasteiger partial charge in [0.15, 0.2) is 10.4 Å². The fraction of sp³-hybridized carbons (Fsp3) is 0.643. The molecule has 106 valence electrons. The molecular formula is C14H21BrN2O2.